The van der Waals surface area contributed by atoms with E-state index in [4.69, 9.17) is 0 Å². The molecule has 72 valence electrons. The highest BCUT2D eigenvalue weighted by Gasteiger charge is 2.35. The second kappa shape index (κ2) is 2.94. The van der Waals surface area contributed by atoms with Crippen LogP contribution in [0.4, 0.5) is 0 Å². The van der Waals surface area contributed by atoms with Crippen molar-refractivity contribution in [1.82, 2.24) is 0 Å². The van der Waals surface area contributed by atoms with Crippen molar-refractivity contribution in [2.75, 3.05) is 0 Å². The summed E-state index contributed by atoms with van der Waals surface area (Å²) in [7, 11) is 0. The molecule has 1 heterocycles. The first-order valence-electron chi connectivity index (χ1n) is 4.47. The molecule has 2 aliphatic rings. The summed E-state index contributed by atoms with van der Waals surface area (Å²) < 4.78 is 4.55. The average Bonchev–Trinajstić information content (AvgIpc) is 2.29. The van der Waals surface area contributed by atoms with Crippen molar-refractivity contribution in [2.24, 2.45) is 5.92 Å². The monoisotopic (exact) mass is 190 g/mol. The lowest BCUT2D eigenvalue weighted by molar-refractivity contribution is -0.151. The van der Waals surface area contributed by atoms with Crippen LogP contribution in [0.2, 0.25) is 0 Å². The van der Waals surface area contributed by atoms with E-state index < -0.39 is 11.9 Å². The lowest BCUT2D eigenvalue weighted by Crippen LogP contribution is -2.09. The fourth-order valence-electron chi connectivity index (χ4n) is 1.65. The number of carbonyl (C=O) groups is 2. The van der Waals surface area contributed by atoms with Gasteiger partial charge in [-0.3, -0.25) is 0 Å². The van der Waals surface area contributed by atoms with Crippen LogP contribution in [-0.2, 0) is 14.3 Å². The molecule has 1 atom stereocenters. The average molecular weight is 190 g/mol. The Morgan fingerprint density at radius 3 is 2.71 bits per heavy atom. The Morgan fingerprint density at radius 1 is 1.29 bits per heavy atom. The molecule has 1 unspecified atom stereocenters. The summed E-state index contributed by atoms with van der Waals surface area (Å²) in [5.74, 6) is -1.08. The SMILES string of the molecule is CC1=CC=CC2=C(C(=O)OC2=O)C1C. The Labute approximate surface area is 81.7 Å². The fourth-order valence-corrected chi connectivity index (χ4v) is 1.65. The molecule has 0 saturated heterocycles. The minimum absolute atomic E-state index is 0.0426. The predicted octanol–water partition coefficient (Wildman–Crippen LogP) is 1.52. The van der Waals surface area contributed by atoms with Crippen molar-refractivity contribution in [3.05, 3.63) is 34.9 Å². The van der Waals surface area contributed by atoms with E-state index in [1.165, 1.54) is 0 Å². The first-order chi connectivity index (χ1) is 6.61. The van der Waals surface area contributed by atoms with Gasteiger partial charge in [0.2, 0.25) is 0 Å². The number of rotatable bonds is 0. The van der Waals surface area contributed by atoms with Gasteiger partial charge < -0.3 is 4.74 Å². The number of carbonyl (C=O) groups excluding carboxylic acids is 2. The Balaban J connectivity index is 2.57. The molecule has 0 N–H and O–H groups in total. The highest BCUT2D eigenvalue weighted by atomic mass is 16.6. The maximum atomic E-state index is 11.4. The number of ether oxygens (including phenoxy) is 1. The van der Waals surface area contributed by atoms with Gasteiger partial charge in [-0.05, 0) is 13.0 Å². The molecule has 3 heteroatoms. The number of hydrogen-bond acceptors (Lipinski definition) is 3. The van der Waals surface area contributed by atoms with Crippen molar-refractivity contribution >= 4 is 11.9 Å². The van der Waals surface area contributed by atoms with Crippen LogP contribution in [0.15, 0.2) is 34.9 Å². The van der Waals surface area contributed by atoms with Gasteiger partial charge in [0.15, 0.2) is 0 Å². The van der Waals surface area contributed by atoms with E-state index in [0.29, 0.717) is 11.1 Å². The summed E-state index contributed by atoms with van der Waals surface area (Å²) >= 11 is 0. The molecule has 0 fully saturated rings. The maximum Gasteiger partial charge on any atom is 0.346 e. The van der Waals surface area contributed by atoms with Crippen LogP contribution in [0.3, 0.4) is 0 Å². The Hall–Kier alpha value is -1.64. The number of cyclic esters (lactones) is 2. The first kappa shape index (κ1) is 8.94. The smallest absolute Gasteiger partial charge is 0.346 e. The normalized spacial score (nSPS) is 25.9. The van der Waals surface area contributed by atoms with Crippen LogP contribution in [0.25, 0.3) is 0 Å². The van der Waals surface area contributed by atoms with Crippen LogP contribution in [-0.4, -0.2) is 11.9 Å². The van der Waals surface area contributed by atoms with E-state index in [9.17, 15) is 9.59 Å². The molecule has 0 aromatic heterocycles. The Morgan fingerprint density at radius 2 is 2.00 bits per heavy atom. The van der Waals surface area contributed by atoms with Crippen molar-refractivity contribution < 1.29 is 14.3 Å². The molecule has 0 radical (unpaired) electrons. The zero-order chi connectivity index (χ0) is 10.3. The zero-order valence-electron chi connectivity index (χ0n) is 8.03. The molecular weight excluding hydrogens is 180 g/mol. The molecule has 1 aliphatic heterocycles. The van der Waals surface area contributed by atoms with E-state index >= 15 is 0 Å². The van der Waals surface area contributed by atoms with Crippen LogP contribution in [0.1, 0.15) is 13.8 Å². The standard InChI is InChI=1S/C11H10O3/c1-6-4-3-5-8-9(7(6)2)11(13)14-10(8)12/h3-5,7H,1-2H3. The second-order valence-corrected chi connectivity index (χ2v) is 3.50. The van der Waals surface area contributed by atoms with Crippen molar-refractivity contribution in [3.63, 3.8) is 0 Å². The first-order valence-corrected chi connectivity index (χ1v) is 4.47. The number of esters is 2. The summed E-state index contributed by atoms with van der Waals surface area (Å²) in [6.45, 7) is 3.83. The molecule has 2 rings (SSSR count). The molecule has 0 aromatic rings. The highest BCUT2D eigenvalue weighted by Crippen LogP contribution is 2.31. The zero-order valence-corrected chi connectivity index (χ0v) is 8.03. The van der Waals surface area contributed by atoms with E-state index in [-0.39, 0.29) is 5.92 Å². The van der Waals surface area contributed by atoms with E-state index in [0.717, 1.165) is 5.57 Å². The molecule has 1 aliphatic carbocycles. The summed E-state index contributed by atoms with van der Waals surface area (Å²) in [6, 6.07) is 0. The summed E-state index contributed by atoms with van der Waals surface area (Å²) in [6.07, 6.45) is 5.31. The number of hydrogen-bond donors (Lipinski definition) is 0. The Kier molecular flexibility index (Phi) is 1.88. The number of allylic oxidation sites excluding steroid dienone is 3. The summed E-state index contributed by atoms with van der Waals surface area (Å²) in [5, 5.41) is 0. The quantitative estimate of drug-likeness (QED) is 0.429. The van der Waals surface area contributed by atoms with Gasteiger partial charge in [0.25, 0.3) is 0 Å². The van der Waals surface area contributed by atoms with Crippen molar-refractivity contribution in [3.8, 4) is 0 Å². The van der Waals surface area contributed by atoms with Crippen LogP contribution >= 0.6 is 0 Å². The van der Waals surface area contributed by atoms with Gasteiger partial charge in [0, 0.05) is 5.92 Å². The van der Waals surface area contributed by atoms with Crippen LogP contribution in [0, 0.1) is 5.92 Å². The Bertz CT molecular complexity index is 410. The van der Waals surface area contributed by atoms with Crippen molar-refractivity contribution in [2.45, 2.75) is 13.8 Å². The van der Waals surface area contributed by atoms with Gasteiger partial charge in [0.05, 0.1) is 11.1 Å². The third-order valence-electron chi connectivity index (χ3n) is 2.65. The molecule has 14 heavy (non-hydrogen) atoms. The lowest BCUT2D eigenvalue weighted by atomic mass is 9.92. The second-order valence-electron chi connectivity index (χ2n) is 3.50. The summed E-state index contributed by atoms with van der Waals surface area (Å²) in [4.78, 5) is 22.6. The molecule has 3 nitrogen and oxygen atoms in total. The third kappa shape index (κ3) is 1.13. The van der Waals surface area contributed by atoms with Gasteiger partial charge in [0.1, 0.15) is 0 Å². The minimum Gasteiger partial charge on any atom is -0.386 e. The van der Waals surface area contributed by atoms with Gasteiger partial charge in [-0.2, -0.15) is 0 Å². The summed E-state index contributed by atoms with van der Waals surface area (Å²) in [5.41, 5.74) is 1.94. The molecule has 0 spiro atoms. The molecule has 0 amide bonds. The maximum absolute atomic E-state index is 11.4. The third-order valence-corrected chi connectivity index (χ3v) is 2.65. The van der Waals surface area contributed by atoms with Gasteiger partial charge >= 0.3 is 11.9 Å². The van der Waals surface area contributed by atoms with Gasteiger partial charge in [-0.15, -0.1) is 0 Å². The minimum atomic E-state index is -0.531. The molecule has 0 saturated carbocycles. The van der Waals surface area contributed by atoms with Crippen LogP contribution < -0.4 is 0 Å². The molecule has 0 aromatic carbocycles. The highest BCUT2D eigenvalue weighted by molar-refractivity contribution is 6.14. The molecular formula is C11H10O3. The van der Waals surface area contributed by atoms with Crippen LogP contribution in [0.5, 0.6) is 0 Å². The molecule has 0 bridgehead atoms. The van der Waals surface area contributed by atoms with E-state index in [1.54, 1.807) is 12.2 Å². The lowest BCUT2D eigenvalue weighted by Gasteiger charge is -2.09. The van der Waals surface area contributed by atoms with E-state index in [2.05, 4.69) is 4.74 Å². The predicted molar refractivity (Wildman–Crippen MR) is 50.2 cm³/mol. The van der Waals surface area contributed by atoms with Gasteiger partial charge in [-0.1, -0.05) is 24.6 Å². The largest absolute Gasteiger partial charge is 0.386 e. The van der Waals surface area contributed by atoms with E-state index in [1.807, 2.05) is 19.9 Å². The fraction of sp³-hybridized carbons (Fsp3) is 0.273. The van der Waals surface area contributed by atoms with Crippen molar-refractivity contribution in [1.29, 1.82) is 0 Å². The van der Waals surface area contributed by atoms with Gasteiger partial charge in [-0.25, -0.2) is 9.59 Å². The topological polar surface area (TPSA) is 43.4 Å².